The molecular weight excluding hydrogens is 320 g/mol. The zero-order chi connectivity index (χ0) is 16.4. The van der Waals surface area contributed by atoms with E-state index in [1.54, 1.807) is 6.20 Å². The number of hydrogen-bond donors (Lipinski definition) is 3. The zero-order valence-corrected chi connectivity index (χ0v) is 12.7. The van der Waals surface area contributed by atoms with Gasteiger partial charge in [0.15, 0.2) is 0 Å². The number of benzene rings is 1. The molecule has 2 aromatic heterocycles. The summed E-state index contributed by atoms with van der Waals surface area (Å²) in [4.78, 5) is 14.4. The predicted octanol–water partition coefficient (Wildman–Crippen LogP) is 1.74. The van der Waals surface area contributed by atoms with E-state index in [2.05, 4.69) is 9.71 Å². The van der Waals surface area contributed by atoms with Gasteiger partial charge in [0.1, 0.15) is 17.2 Å². The summed E-state index contributed by atoms with van der Waals surface area (Å²) < 4.78 is 31.2. The summed E-state index contributed by atoms with van der Waals surface area (Å²) in [5, 5.41) is 10.2. The molecule has 0 saturated heterocycles. The maximum Gasteiger partial charge on any atom is 0.322 e. The third-order valence-corrected chi connectivity index (χ3v) is 4.95. The van der Waals surface area contributed by atoms with Crippen molar-refractivity contribution < 1.29 is 22.7 Å². The molecule has 1 atom stereocenters. The number of H-pyrrole nitrogens is 1. The molecule has 3 N–H and O–H groups in total. The van der Waals surface area contributed by atoms with E-state index in [9.17, 15) is 18.3 Å². The smallest absolute Gasteiger partial charge is 0.322 e. The number of aliphatic carboxylic acids is 1. The standard InChI is InChI=1S/C15H14N2O5S/c18-15(19)14(17-23(20,21)11-5-6-22-9-11)7-10-8-16-13-4-2-1-3-12(10)13/h1-6,8-9,14,16-17H,7H2,(H,18,19). The number of carbonyl (C=O) groups is 1. The molecule has 120 valence electrons. The van der Waals surface area contributed by atoms with E-state index < -0.39 is 22.0 Å². The average Bonchev–Trinajstić information content (AvgIpc) is 3.16. The second-order valence-electron chi connectivity index (χ2n) is 5.03. The van der Waals surface area contributed by atoms with Crippen LogP contribution in [0.25, 0.3) is 10.9 Å². The lowest BCUT2D eigenvalue weighted by atomic mass is 10.1. The number of rotatable bonds is 6. The molecule has 3 rings (SSSR count). The van der Waals surface area contributed by atoms with Gasteiger partial charge >= 0.3 is 5.97 Å². The monoisotopic (exact) mass is 334 g/mol. The van der Waals surface area contributed by atoms with E-state index in [1.165, 1.54) is 12.3 Å². The fourth-order valence-corrected chi connectivity index (χ4v) is 3.47. The number of para-hydroxylation sites is 1. The fraction of sp³-hybridized carbons (Fsp3) is 0.133. The maximum atomic E-state index is 12.2. The number of furan rings is 1. The third-order valence-electron chi connectivity index (χ3n) is 3.50. The van der Waals surface area contributed by atoms with Gasteiger partial charge in [-0.05, 0) is 17.7 Å². The lowest BCUT2D eigenvalue weighted by Gasteiger charge is -2.13. The molecule has 0 aliphatic heterocycles. The Morgan fingerprint density at radius 3 is 2.78 bits per heavy atom. The first kappa shape index (κ1) is 15.3. The summed E-state index contributed by atoms with van der Waals surface area (Å²) in [6, 6.07) is 7.39. The van der Waals surface area contributed by atoms with Crippen LogP contribution in [0.5, 0.6) is 0 Å². The van der Waals surface area contributed by atoms with Gasteiger partial charge in [-0.15, -0.1) is 0 Å². The van der Waals surface area contributed by atoms with Crippen molar-refractivity contribution in [2.45, 2.75) is 17.4 Å². The van der Waals surface area contributed by atoms with Crippen LogP contribution in [0.15, 0.2) is 58.4 Å². The van der Waals surface area contributed by atoms with Crippen LogP contribution in [0.2, 0.25) is 0 Å². The Bertz CT molecular complexity index is 928. The summed E-state index contributed by atoms with van der Waals surface area (Å²) in [5.74, 6) is -1.25. The molecule has 0 radical (unpaired) electrons. The summed E-state index contributed by atoms with van der Waals surface area (Å²) in [5.41, 5.74) is 1.59. The number of sulfonamides is 1. The Morgan fingerprint density at radius 2 is 2.09 bits per heavy atom. The quantitative estimate of drug-likeness (QED) is 0.635. The molecule has 7 nitrogen and oxygen atoms in total. The first-order valence-corrected chi connectivity index (χ1v) is 8.28. The number of carboxylic acid groups (broad SMARTS) is 1. The molecule has 1 aromatic carbocycles. The minimum absolute atomic E-state index is 0.0242. The van der Waals surface area contributed by atoms with Crippen molar-refractivity contribution in [3.63, 3.8) is 0 Å². The molecule has 0 aliphatic rings. The normalized spacial score (nSPS) is 13.2. The van der Waals surface area contributed by atoms with Crippen molar-refractivity contribution in [2.75, 3.05) is 0 Å². The SMILES string of the molecule is O=C(O)C(Cc1c[nH]c2ccccc12)NS(=O)(=O)c1ccoc1. The van der Waals surface area contributed by atoms with Crippen molar-refractivity contribution in [2.24, 2.45) is 0 Å². The van der Waals surface area contributed by atoms with Crippen LogP contribution in [0.3, 0.4) is 0 Å². The third kappa shape index (κ3) is 3.13. The van der Waals surface area contributed by atoms with Gasteiger partial charge in [0, 0.05) is 23.5 Å². The first-order valence-electron chi connectivity index (χ1n) is 6.80. The second-order valence-corrected chi connectivity index (χ2v) is 6.75. The van der Waals surface area contributed by atoms with Gasteiger partial charge in [0.05, 0.1) is 6.26 Å². The Morgan fingerprint density at radius 1 is 1.30 bits per heavy atom. The number of nitrogens with one attached hydrogen (secondary N) is 2. The molecule has 8 heteroatoms. The van der Waals surface area contributed by atoms with Gasteiger partial charge in [-0.2, -0.15) is 4.72 Å². The Balaban J connectivity index is 1.87. The highest BCUT2D eigenvalue weighted by molar-refractivity contribution is 7.89. The van der Waals surface area contributed by atoms with Gasteiger partial charge in [0.2, 0.25) is 10.0 Å². The molecule has 0 aliphatic carbocycles. The lowest BCUT2D eigenvalue weighted by molar-refractivity contribution is -0.138. The molecule has 2 heterocycles. The molecule has 0 fully saturated rings. The average molecular weight is 334 g/mol. The number of fused-ring (bicyclic) bond motifs is 1. The molecule has 0 saturated carbocycles. The van der Waals surface area contributed by atoms with Crippen LogP contribution >= 0.6 is 0 Å². The summed E-state index contributed by atoms with van der Waals surface area (Å²) in [7, 11) is -3.95. The van der Waals surface area contributed by atoms with Crippen LogP contribution in [0.1, 0.15) is 5.56 Å². The maximum absolute atomic E-state index is 12.2. The van der Waals surface area contributed by atoms with Crippen LogP contribution in [-0.4, -0.2) is 30.5 Å². The molecule has 0 amide bonds. The molecule has 1 unspecified atom stereocenters. The van der Waals surface area contributed by atoms with Crippen molar-refractivity contribution >= 4 is 26.9 Å². The Hall–Kier alpha value is -2.58. The minimum atomic E-state index is -3.95. The Kier molecular flexibility index (Phi) is 3.93. The van der Waals surface area contributed by atoms with E-state index in [4.69, 9.17) is 4.42 Å². The van der Waals surface area contributed by atoms with Gasteiger partial charge < -0.3 is 14.5 Å². The predicted molar refractivity (Wildman–Crippen MR) is 82.5 cm³/mol. The highest BCUT2D eigenvalue weighted by atomic mass is 32.2. The fourth-order valence-electron chi connectivity index (χ4n) is 2.36. The molecule has 23 heavy (non-hydrogen) atoms. The van der Waals surface area contributed by atoms with Crippen LogP contribution in [0, 0.1) is 0 Å². The Labute approximate surface area is 132 Å². The van der Waals surface area contributed by atoms with Gasteiger partial charge in [-0.25, -0.2) is 8.42 Å². The summed E-state index contributed by atoms with van der Waals surface area (Å²) >= 11 is 0. The highest BCUT2D eigenvalue weighted by Gasteiger charge is 2.27. The number of aromatic nitrogens is 1. The van der Waals surface area contributed by atoms with Crippen molar-refractivity contribution in [1.29, 1.82) is 0 Å². The molecule has 0 spiro atoms. The van der Waals surface area contributed by atoms with Gasteiger partial charge in [-0.3, -0.25) is 4.79 Å². The number of aromatic amines is 1. The van der Waals surface area contributed by atoms with Crippen LogP contribution in [0.4, 0.5) is 0 Å². The largest absolute Gasteiger partial charge is 0.480 e. The topological polar surface area (TPSA) is 112 Å². The molecule has 0 bridgehead atoms. The minimum Gasteiger partial charge on any atom is -0.480 e. The van der Waals surface area contributed by atoms with Crippen molar-refractivity contribution in [3.05, 3.63) is 54.6 Å². The van der Waals surface area contributed by atoms with Gasteiger partial charge in [0.25, 0.3) is 0 Å². The molecule has 3 aromatic rings. The van der Waals surface area contributed by atoms with Crippen molar-refractivity contribution in [3.8, 4) is 0 Å². The van der Waals surface area contributed by atoms with E-state index in [1.807, 2.05) is 24.3 Å². The zero-order valence-electron chi connectivity index (χ0n) is 11.9. The summed E-state index contributed by atoms with van der Waals surface area (Å²) in [6.07, 6.45) is 3.97. The summed E-state index contributed by atoms with van der Waals surface area (Å²) in [6.45, 7) is 0. The highest BCUT2D eigenvalue weighted by Crippen LogP contribution is 2.20. The van der Waals surface area contributed by atoms with Crippen molar-refractivity contribution in [1.82, 2.24) is 9.71 Å². The van der Waals surface area contributed by atoms with E-state index in [0.717, 1.165) is 22.7 Å². The van der Waals surface area contributed by atoms with E-state index in [-0.39, 0.29) is 11.3 Å². The number of hydrogen-bond acceptors (Lipinski definition) is 4. The van der Waals surface area contributed by atoms with Gasteiger partial charge in [-0.1, -0.05) is 18.2 Å². The van der Waals surface area contributed by atoms with Crippen LogP contribution in [-0.2, 0) is 21.2 Å². The second kappa shape index (κ2) is 5.90. The number of carboxylic acids is 1. The molecular formula is C15H14N2O5S. The van der Waals surface area contributed by atoms with E-state index in [0.29, 0.717) is 0 Å². The lowest BCUT2D eigenvalue weighted by Crippen LogP contribution is -2.42. The first-order chi connectivity index (χ1) is 11.0. The van der Waals surface area contributed by atoms with E-state index >= 15 is 0 Å². The van der Waals surface area contributed by atoms with Crippen LogP contribution < -0.4 is 4.72 Å².